The predicted octanol–water partition coefficient (Wildman–Crippen LogP) is 3.40. The fourth-order valence-electron chi connectivity index (χ4n) is 2.19. The van der Waals surface area contributed by atoms with Gasteiger partial charge in [-0.25, -0.2) is 9.18 Å². The van der Waals surface area contributed by atoms with Crippen LogP contribution in [-0.2, 0) is 24.3 Å². The van der Waals surface area contributed by atoms with Gasteiger partial charge in [-0.1, -0.05) is 36.4 Å². The van der Waals surface area contributed by atoms with E-state index in [-0.39, 0.29) is 11.8 Å². The first kappa shape index (κ1) is 17.9. The number of halogens is 1. The summed E-state index contributed by atoms with van der Waals surface area (Å²) in [7, 11) is 0. The molecule has 0 bridgehead atoms. The van der Waals surface area contributed by atoms with E-state index in [1.165, 1.54) is 12.1 Å². The molecule has 2 aromatic rings. The highest BCUT2D eigenvalue weighted by Crippen LogP contribution is 2.06. The van der Waals surface area contributed by atoms with Gasteiger partial charge < -0.3 is 15.4 Å². The number of benzene rings is 2. The molecule has 24 heavy (non-hydrogen) atoms. The van der Waals surface area contributed by atoms with Crippen LogP contribution in [0.25, 0.3) is 0 Å². The molecule has 0 aromatic heterocycles. The summed E-state index contributed by atoms with van der Waals surface area (Å²) in [6.45, 7) is 4.24. The first-order valence-corrected chi connectivity index (χ1v) is 8.09. The van der Waals surface area contributed by atoms with Crippen molar-refractivity contribution >= 4 is 6.03 Å². The van der Waals surface area contributed by atoms with Crippen molar-refractivity contribution in [1.82, 2.24) is 10.6 Å². The first-order chi connectivity index (χ1) is 11.7. The Morgan fingerprint density at radius 2 is 1.58 bits per heavy atom. The van der Waals surface area contributed by atoms with E-state index in [1.54, 1.807) is 12.1 Å². The first-order valence-electron chi connectivity index (χ1n) is 8.09. The van der Waals surface area contributed by atoms with E-state index in [4.69, 9.17) is 4.74 Å². The van der Waals surface area contributed by atoms with E-state index in [1.807, 2.05) is 31.2 Å². The quantitative estimate of drug-likeness (QED) is 0.779. The molecule has 5 heteroatoms. The zero-order valence-corrected chi connectivity index (χ0v) is 13.8. The van der Waals surface area contributed by atoms with E-state index in [0.29, 0.717) is 32.7 Å². The minimum atomic E-state index is -0.253. The molecular weight excluding hydrogens is 307 g/mol. The summed E-state index contributed by atoms with van der Waals surface area (Å²) < 4.78 is 18.1. The molecule has 0 heterocycles. The van der Waals surface area contributed by atoms with Crippen molar-refractivity contribution in [2.75, 3.05) is 13.2 Å². The average molecular weight is 330 g/mol. The second kappa shape index (κ2) is 9.67. The molecule has 2 rings (SSSR count). The lowest BCUT2D eigenvalue weighted by molar-refractivity contribution is 0.134. The van der Waals surface area contributed by atoms with E-state index >= 15 is 0 Å². The molecular formula is C19H23FN2O2. The zero-order valence-electron chi connectivity index (χ0n) is 13.8. The minimum Gasteiger partial charge on any atom is -0.377 e. The van der Waals surface area contributed by atoms with Gasteiger partial charge in [0.25, 0.3) is 0 Å². The third kappa shape index (κ3) is 6.38. The third-order valence-corrected chi connectivity index (χ3v) is 3.56. The van der Waals surface area contributed by atoms with Crippen LogP contribution in [0.2, 0.25) is 0 Å². The van der Waals surface area contributed by atoms with Crippen molar-refractivity contribution in [1.29, 1.82) is 0 Å². The number of urea groups is 1. The van der Waals surface area contributed by atoms with Crippen molar-refractivity contribution in [2.45, 2.75) is 26.5 Å². The summed E-state index contributed by atoms with van der Waals surface area (Å²) in [4.78, 5) is 11.8. The van der Waals surface area contributed by atoms with E-state index < -0.39 is 0 Å². The van der Waals surface area contributed by atoms with Crippen molar-refractivity contribution in [3.63, 3.8) is 0 Å². The molecule has 0 aliphatic carbocycles. The van der Waals surface area contributed by atoms with E-state index in [0.717, 1.165) is 16.7 Å². The third-order valence-electron chi connectivity index (χ3n) is 3.56. The lowest BCUT2D eigenvalue weighted by Crippen LogP contribution is -2.36. The molecule has 0 saturated carbocycles. The zero-order chi connectivity index (χ0) is 17.2. The Balaban J connectivity index is 1.66. The minimum absolute atomic E-state index is 0.212. The number of hydrogen-bond acceptors (Lipinski definition) is 2. The summed E-state index contributed by atoms with van der Waals surface area (Å²) in [6, 6.07) is 14.0. The Bertz CT molecular complexity index is 627. The van der Waals surface area contributed by atoms with E-state index in [2.05, 4.69) is 10.6 Å². The van der Waals surface area contributed by atoms with Crippen LogP contribution in [0.1, 0.15) is 23.6 Å². The van der Waals surface area contributed by atoms with Gasteiger partial charge in [0.05, 0.1) is 6.61 Å². The number of ether oxygens (including phenoxy) is 1. The van der Waals surface area contributed by atoms with Gasteiger partial charge in [-0.3, -0.25) is 0 Å². The molecule has 0 aliphatic heterocycles. The highest BCUT2D eigenvalue weighted by Gasteiger charge is 2.01. The second-order valence-electron chi connectivity index (χ2n) is 5.44. The molecule has 2 N–H and O–H groups in total. The number of nitrogens with one attached hydrogen (secondary N) is 2. The van der Waals surface area contributed by atoms with Gasteiger partial charge >= 0.3 is 6.03 Å². The highest BCUT2D eigenvalue weighted by molar-refractivity contribution is 5.73. The number of hydrogen-bond donors (Lipinski definition) is 2. The Hall–Kier alpha value is -2.40. The van der Waals surface area contributed by atoms with Crippen molar-refractivity contribution < 1.29 is 13.9 Å². The number of carbonyl (C=O) groups is 1. The van der Waals surface area contributed by atoms with Gasteiger partial charge in [0.15, 0.2) is 0 Å². The Morgan fingerprint density at radius 1 is 0.958 bits per heavy atom. The lowest BCUT2D eigenvalue weighted by Gasteiger charge is -2.08. The van der Waals surface area contributed by atoms with Crippen LogP contribution < -0.4 is 10.6 Å². The monoisotopic (exact) mass is 330 g/mol. The fraction of sp³-hybridized carbons (Fsp3) is 0.316. The van der Waals surface area contributed by atoms with Crippen LogP contribution >= 0.6 is 0 Å². The summed E-state index contributed by atoms with van der Waals surface area (Å²) in [5.41, 5.74) is 3.13. The Morgan fingerprint density at radius 3 is 2.25 bits per heavy atom. The van der Waals surface area contributed by atoms with Gasteiger partial charge in [0.1, 0.15) is 5.82 Å². The van der Waals surface area contributed by atoms with Gasteiger partial charge in [-0.2, -0.15) is 0 Å². The van der Waals surface area contributed by atoms with Gasteiger partial charge in [0.2, 0.25) is 0 Å². The molecule has 0 saturated heterocycles. The van der Waals surface area contributed by atoms with Gasteiger partial charge in [-0.05, 0) is 42.2 Å². The topological polar surface area (TPSA) is 50.4 Å². The Labute approximate surface area is 142 Å². The SMILES string of the molecule is CCOCc1ccc(CNC(=O)NCCc2ccc(F)cc2)cc1. The molecule has 0 fully saturated rings. The molecule has 2 amide bonds. The lowest BCUT2D eigenvalue weighted by atomic mass is 10.1. The van der Waals surface area contributed by atoms with E-state index in [9.17, 15) is 9.18 Å². The number of rotatable bonds is 8. The molecule has 0 aliphatic rings. The van der Waals surface area contributed by atoms with Crippen molar-refractivity contribution in [3.05, 3.63) is 71.0 Å². The molecule has 0 spiro atoms. The summed E-state index contributed by atoms with van der Waals surface area (Å²) in [5.74, 6) is -0.253. The molecule has 128 valence electrons. The van der Waals surface area contributed by atoms with Crippen molar-refractivity contribution in [2.24, 2.45) is 0 Å². The maximum absolute atomic E-state index is 12.8. The molecule has 2 aromatic carbocycles. The maximum Gasteiger partial charge on any atom is 0.315 e. The van der Waals surface area contributed by atoms with Gasteiger partial charge in [-0.15, -0.1) is 0 Å². The van der Waals surface area contributed by atoms with Crippen LogP contribution in [0.5, 0.6) is 0 Å². The molecule has 0 unspecified atom stereocenters. The largest absolute Gasteiger partial charge is 0.377 e. The summed E-state index contributed by atoms with van der Waals surface area (Å²) >= 11 is 0. The fourth-order valence-corrected chi connectivity index (χ4v) is 2.19. The number of amides is 2. The molecule has 0 atom stereocenters. The molecule has 4 nitrogen and oxygen atoms in total. The maximum atomic E-state index is 12.8. The Kier molecular flexibility index (Phi) is 7.23. The van der Waals surface area contributed by atoms with Crippen molar-refractivity contribution in [3.8, 4) is 0 Å². The second-order valence-corrected chi connectivity index (χ2v) is 5.44. The highest BCUT2D eigenvalue weighted by atomic mass is 19.1. The van der Waals surface area contributed by atoms with Crippen LogP contribution in [0.3, 0.4) is 0 Å². The molecule has 0 radical (unpaired) electrons. The van der Waals surface area contributed by atoms with Gasteiger partial charge in [0, 0.05) is 19.7 Å². The summed E-state index contributed by atoms with van der Waals surface area (Å²) in [5, 5.41) is 5.61. The summed E-state index contributed by atoms with van der Waals surface area (Å²) in [6.07, 6.45) is 0.666. The van der Waals surface area contributed by atoms with Crippen LogP contribution in [0.4, 0.5) is 9.18 Å². The van der Waals surface area contributed by atoms with Crippen LogP contribution in [0.15, 0.2) is 48.5 Å². The standard InChI is InChI=1S/C19H23FN2O2/c1-2-24-14-17-5-3-16(4-6-17)13-22-19(23)21-12-11-15-7-9-18(20)10-8-15/h3-10H,2,11-14H2,1H3,(H2,21,22,23). The predicted molar refractivity (Wildman–Crippen MR) is 92.1 cm³/mol. The average Bonchev–Trinajstić information content (AvgIpc) is 2.61. The van der Waals surface area contributed by atoms with Crippen LogP contribution in [0, 0.1) is 5.82 Å². The smallest absolute Gasteiger partial charge is 0.315 e. The van der Waals surface area contributed by atoms with Crippen LogP contribution in [-0.4, -0.2) is 19.2 Å². The number of carbonyl (C=O) groups excluding carboxylic acids is 1. The normalized spacial score (nSPS) is 10.4.